The number of benzene rings is 1. The fourth-order valence-electron chi connectivity index (χ4n) is 5.33. The molecule has 0 aromatic heterocycles. The van der Waals surface area contributed by atoms with E-state index in [1.807, 2.05) is 19.9 Å². The Balaban J connectivity index is 1.78. The maximum absolute atomic E-state index is 12.1. The highest BCUT2D eigenvalue weighted by atomic mass is 35.5. The number of aliphatic hydroxyl groups is 1. The molecular formula is C29H43ClN6O3. The molecule has 2 atom stereocenters. The summed E-state index contributed by atoms with van der Waals surface area (Å²) >= 11 is 6.64. The maximum Gasteiger partial charge on any atom is 0.248 e. The number of hydrogen-bond donors (Lipinski definition) is 3. The molecule has 0 radical (unpaired) electrons. The predicted octanol–water partition coefficient (Wildman–Crippen LogP) is 4.93. The number of hydrogen-bond acceptors (Lipinski definition) is 8. The van der Waals surface area contributed by atoms with Gasteiger partial charge < -0.3 is 21.1 Å². The van der Waals surface area contributed by atoms with Crippen molar-refractivity contribution in [2.24, 2.45) is 15.9 Å². The van der Waals surface area contributed by atoms with E-state index in [2.05, 4.69) is 51.3 Å². The summed E-state index contributed by atoms with van der Waals surface area (Å²) in [7, 11) is 0. The van der Waals surface area contributed by atoms with Gasteiger partial charge in [-0.05, 0) is 75.3 Å². The third-order valence-electron chi connectivity index (χ3n) is 8.07. The molecule has 2 fully saturated rings. The minimum absolute atomic E-state index is 0.310. The van der Waals surface area contributed by atoms with Crippen LogP contribution in [0, 0.1) is 4.91 Å². The molecule has 1 aromatic carbocycles. The molecule has 4 N–H and O–H groups in total. The van der Waals surface area contributed by atoms with E-state index in [-0.39, 0.29) is 0 Å². The number of β-amino-alcohol motifs (C(OH)–C–C–N with tert-alkyl or cyclic N) is 1. The minimum Gasteiger partial charge on any atom is -0.389 e. The van der Waals surface area contributed by atoms with Crippen molar-refractivity contribution in [3.05, 3.63) is 51.2 Å². The van der Waals surface area contributed by atoms with Gasteiger partial charge in [0, 0.05) is 43.6 Å². The molecule has 2 aliphatic heterocycles. The molecule has 214 valence electrons. The lowest BCUT2D eigenvalue weighted by molar-refractivity contribution is -0.114. The number of halogens is 1. The number of aliphatic imine (C=N–C) groups is 1. The molecule has 2 heterocycles. The molecule has 0 bridgehead atoms. The number of nitroso groups, excluding NO2 is 1. The van der Waals surface area contributed by atoms with E-state index >= 15 is 0 Å². The highest BCUT2D eigenvalue weighted by Crippen LogP contribution is 2.30. The van der Waals surface area contributed by atoms with Crippen LogP contribution in [0.2, 0.25) is 0 Å². The van der Waals surface area contributed by atoms with Crippen LogP contribution in [0.15, 0.2) is 50.9 Å². The molecule has 1 aromatic rings. The third kappa shape index (κ3) is 7.47. The molecule has 2 saturated heterocycles. The van der Waals surface area contributed by atoms with Crippen LogP contribution in [-0.4, -0.2) is 65.5 Å². The van der Waals surface area contributed by atoms with E-state index in [9.17, 15) is 14.8 Å². The second-order valence-electron chi connectivity index (χ2n) is 10.4. The Labute approximate surface area is 237 Å². The number of carbonyl (C=O) groups is 1. The molecule has 2 aliphatic rings. The van der Waals surface area contributed by atoms with Crippen molar-refractivity contribution >= 4 is 34.1 Å². The monoisotopic (exact) mass is 558 g/mol. The zero-order valence-corrected chi connectivity index (χ0v) is 24.6. The van der Waals surface area contributed by atoms with Gasteiger partial charge in [0.25, 0.3) is 0 Å². The molecule has 3 rings (SSSR count). The van der Waals surface area contributed by atoms with Gasteiger partial charge in [-0.3, -0.25) is 9.69 Å². The Bertz CT molecular complexity index is 1140. The zero-order valence-electron chi connectivity index (χ0n) is 23.8. The van der Waals surface area contributed by atoms with Gasteiger partial charge >= 0.3 is 0 Å². The lowest BCUT2D eigenvalue weighted by Gasteiger charge is -2.38. The second-order valence-corrected chi connectivity index (χ2v) is 10.8. The molecule has 10 heteroatoms. The number of primary amides is 1. The van der Waals surface area contributed by atoms with E-state index in [1.54, 1.807) is 6.92 Å². The Morgan fingerprint density at radius 2 is 1.85 bits per heavy atom. The largest absolute Gasteiger partial charge is 0.389 e. The van der Waals surface area contributed by atoms with Crippen molar-refractivity contribution in [1.82, 2.24) is 4.90 Å². The van der Waals surface area contributed by atoms with Crippen molar-refractivity contribution in [1.29, 1.82) is 0 Å². The average Bonchev–Trinajstić information content (AvgIpc) is 3.33. The summed E-state index contributed by atoms with van der Waals surface area (Å²) in [5.41, 5.74) is 11.1. The van der Waals surface area contributed by atoms with Gasteiger partial charge in [-0.15, -0.1) is 0 Å². The van der Waals surface area contributed by atoms with E-state index in [0.717, 1.165) is 73.3 Å². The van der Waals surface area contributed by atoms with Crippen LogP contribution in [0.4, 0.5) is 11.4 Å². The summed E-state index contributed by atoms with van der Waals surface area (Å²) < 4.78 is 0. The molecule has 0 saturated carbocycles. The van der Waals surface area contributed by atoms with Crippen LogP contribution in [0.1, 0.15) is 65.9 Å². The van der Waals surface area contributed by atoms with E-state index in [0.29, 0.717) is 35.7 Å². The quantitative estimate of drug-likeness (QED) is 0.201. The summed E-state index contributed by atoms with van der Waals surface area (Å²) in [4.78, 5) is 32.2. The van der Waals surface area contributed by atoms with Crippen LogP contribution in [0.25, 0.3) is 0 Å². The highest BCUT2D eigenvalue weighted by molar-refractivity contribution is 6.69. The van der Waals surface area contributed by atoms with Gasteiger partial charge in [0.15, 0.2) is 0 Å². The van der Waals surface area contributed by atoms with Crippen LogP contribution < -0.4 is 16.0 Å². The molecular weight excluding hydrogens is 516 g/mol. The van der Waals surface area contributed by atoms with Crippen molar-refractivity contribution < 1.29 is 9.90 Å². The highest BCUT2D eigenvalue weighted by Gasteiger charge is 2.37. The van der Waals surface area contributed by atoms with Crippen molar-refractivity contribution in [3.8, 4) is 0 Å². The summed E-state index contributed by atoms with van der Waals surface area (Å²) in [5.74, 6) is -0.209. The van der Waals surface area contributed by atoms with Crippen LogP contribution in [0.5, 0.6) is 0 Å². The fourth-order valence-corrected chi connectivity index (χ4v) is 5.71. The number of aliphatic hydroxyl groups excluding tert-OH is 1. The molecule has 0 unspecified atom stereocenters. The van der Waals surface area contributed by atoms with Gasteiger partial charge in [-0.1, -0.05) is 43.1 Å². The van der Waals surface area contributed by atoms with Crippen molar-refractivity contribution in [2.75, 3.05) is 36.4 Å². The van der Waals surface area contributed by atoms with Crippen LogP contribution in [0.3, 0.4) is 0 Å². The number of carbonyl (C=O) groups excluding carboxylic acids is 1. The zero-order chi connectivity index (χ0) is 28.7. The first-order chi connectivity index (χ1) is 18.6. The van der Waals surface area contributed by atoms with Crippen LogP contribution in [-0.2, 0) is 11.2 Å². The number of allylic oxidation sites excluding steroid dienone is 2. The van der Waals surface area contributed by atoms with E-state index in [4.69, 9.17) is 17.3 Å². The SMILES string of the molecule is CC/C(C)=C(CC)/C(Cl)=N/C(Nc1ccc(N2CCC(N3C[C@@H](O)[C@H](N=O)C3)CC2)cc1CC)=C(\C)C(N)=O. The predicted molar refractivity (Wildman–Crippen MR) is 160 cm³/mol. The van der Waals surface area contributed by atoms with Gasteiger partial charge in [0.1, 0.15) is 17.0 Å². The number of likely N-dealkylation sites (tertiary alicyclic amines) is 1. The first kappa shape index (κ1) is 30.8. The first-order valence-corrected chi connectivity index (χ1v) is 14.3. The fraction of sp³-hybridized carbons (Fsp3) is 0.586. The second kappa shape index (κ2) is 14.1. The number of nitrogens with one attached hydrogen (secondary N) is 1. The summed E-state index contributed by atoms with van der Waals surface area (Å²) in [6, 6.07) is 6.10. The number of amides is 1. The van der Waals surface area contributed by atoms with E-state index in [1.165, 1.54) is 0 Å². The molecule has 0 aliphatic carbocycles. The van der Waals surface area contributed by atoms with E-state index < -0.39 is 18.1 Å². The number of aryl methyl sites for hydroxylation is 1. The Kier molecular flexibility index (Phi) is 11.1. The first-order valence-electron chi connectivity index (χ1n) is 14.0. The summed E-state index contributed by atoms with van der Waals surface area (Å²) in [6.45, 7) is 12.7. The van der Waals surface area contributed by atoms with Crippen LogP contribution >= 0.6 is 11.6 Å². The maximum atomic E-state index is 12.1. The van der Waals surface area contributed by atoms with Gasteiger partial charge in [-0.2, -0.15) is 4.91 Å². The number of piperidine rings is 1. The average molecular weight is 559 g/mol. The molecule has 9 nitrogen and oxygen atoms in total. The smallest absolute Gasteiger partial charge is 0.248 e. The van der Waals surface area contributed by atoms with Gasteiger partial charge in [-0.25, -0.2) is 4.99 Å². The Morgan fingerprint density at radius 1 is 1.15 bits per heavy atom. The third-order valence-corrected chi connectivity index (χ3v) is 8.39. The number of rotatable bonds is 11. The molecule has 39 heavy (non-hydrogen) atoms. The summed E-state index contributed by atoms with van der Waals surface area (Å²) in [6.07, 6.45) is 3.65. The molecule has 1 amide bonds. The number of nitrogens with two attached hydrogens (primary N) is 1. The Hall–Kier alpha value is -2.75. The minimum atomic E-state index is -0.663. The summed E-state index contributed by atoms with van der Waals surface area (Å²) in [5, 5.41) is 16.8. The van der Waals surface area contributed by atoms with Gasteiger partial charge in [0.05, 0.1) is 11.7 Å². The Morgan fingerprint density at radius 3 is 2.38 bits per heavy atom. The lowest BCUT2D eigenvalue weighted by atomic mass is 10.0. The topological polar surface area (TPSA) is 124 Å². The van der Waals surface area contributed by atoms with Crippen molar-refractivity contribution in [2.45, 2.75) is 84.9 Å². The number of nitrogens with zero attached hydrogens (tertiary/aromatic N) is 4. The molecule has 0 spiro atoms. The van der Waals surface area contributed by atoms with Crippen molar-refractivity contribution in [3.63, 3.8) is 0 Å². The van der Waals surface area contributed by atoms with Gasteiger partial charge in [0.2, 0.25) is 5.91 Å². The lowest BCUT2D eigenvalue weighted by Crippen LogP contribution is -2.44. The standard InChI is InChI=1S/C29H43ClN6O3/c1-6-18(4)23(8-3)27(30)33-29(19(5)28(31)38)32-24-10-9-22(15-20(24)7-2)35-13-11-21(12-14-35)36-16-25(34-39)26(37)17-36/h9-10,15,21,25-26,32,37H,6-8,11-14,16-17H2,1-5H3,(H2,31,38)/b23-18+,29-19+,33-27-/t25-,26-/m1/s1. The number of anilines is 2. The normalized spacial score (nSPS) is 22.4.